The van der Waals surface area contributed by atoms with Crippen LogP contribution in [0.2, 0.25) is 5.02 Å². The van der Waals surface area contributed by atoms with Gasteiger partial charge in [0.1, 0.15) is 11.9 Å². The molecule has 0 radical (unpaired) electrons. The number of halogens is 1. The zero-order valence-corrected chi connectivity index (χ0v) is 10.3. The third-order valence-corrected chi connectivity index (χ3v) is 2.78. The van der Waals surface area contributed by atoms with Crippen LogP contribution in [0.4, 0.5) is 5.69 Å². The first-order chi connectivity index (χ1) is 8.16. The van der Waals surface area contributed by atoms with Crippen molar-refractivity contribution in [3.05, 3.63) is 59.1 Å². The van der Waals surface area contributed by atoms with Crippen LogP contribution in [0.25, 0.3) is 0 Å². The van der Waals surface area contributed by atoms with E-state index in [1.54, 1.807) is 18.2 Å². The van der Waals surface area contributed by atoms with Gasteiger partial charge in [-0.15, -0.1) is 0 Å². The van der Waals surface area contributed by atoms with Crippen molar-refractivity contribution in [1.29, 1.82) is 0 Å². The molecule has 2 aromatic carbocycles. The van der Waals surface area contributed by atoms with E-state index in [2.05, 4.69) is 0 Å². The molecule has 1 atom stereocenters. The van der Waals surface area contributed by atoms with Crippen LogP contribution in [0.5, 0.6) is 5.75 Å². The largest absolute Gasteiger partial charge is 0.484 e. The van der Waals surface area contributed by atoms with Crippen LogP contribution in [0.15, 0.2) is 48.5 Å². The van der Waals surface area contributed by atoms with Gasteiger partial charge in [0.15, 0.2) is 0 Å². The van der Waals surface area contributed by atoms with E-state index < -0.39 is 0 Å². The van der Waals surface area contributed by atoms with E-state index in [-0.39, 0.29) is 6.10 Å². The second kappa shape index (κ2) is 5.11. The summed E-state index contributed by atoms with van der Waals surface area (Å²) in [6.45, 7) is 1.99. The number of nitrogen functional groups attached to an aromatic ring is 1. The van der Waals surface area contributed by atoms with Gasteiger partial charge < -0.3 is 10.5 Å². The van der Waals surface area contributed by atoms with E-state index >= 15 is 0 Å². The smallest absolute Gasteiger partial charge is 0.143 e. The van der Waals surface area contributed by atoms with Crippen LogP contribution in [-0.2, 0) is 0 Å². The predicted octanol–water partition coefficient (Wildman–Crippen LogP) is 4.06. The molecule has 0 saturated heterocycles. The maximum Gasteiger partial charge on any atom is 0.143 e. The molecule has 0 spiro atoms. The monoisotopic (exact) mass is 247 g/mol. The Morgan fingerprint density at radius 1 is 1.12 bits per heavy atom. The molecule has 2 aromatic rings. The Hall–Kier alpha value is -1.67. The van der Waals surface area contributed by atoms with Gasteiger partial charge in [0.2, 0.25) is 0 Å². The molecule has 0 heterocycles. The highest BCUT2D eigenvalue weighted by atomic mass is 35.5. The molecule has 0 aliphatic heterocycles. The molecule has 0 aliphatic rings. The van der Waals surface area contributed by atoms with Crippen molar-refractivity contribution in [2.45, 2.75) is 13.0 Å². The standard InChI is InChI=1S/C14H14ClNO/c1-10(11-5-3-2-4-6-11)17-14-8-7-12(15)9-13(14)16/h2-10H,16H2,1H3. The molecule has 88 valence electrons. The van der Waals surface area contributed by atoms with E-state index in [0.717, 1.165) is 5.56 Å². The van der Waals surface area contributed by atoms with E-state index in [1.807, 2.05) is 37.3 Å². The molecule has 2 nitrogen and oxygen atoms in total. The molecular formula is C14H14ClNO. The number of benzene rings is 2. The Labute approximate surface area is 106 Å². The molecular weight excluding hydrogens is 234 g/mol. The van der Waals surface area contributed by atoms with E-state index in [1.165, 1.54) is 0 Å². The van der Waals surface area contributed by atoms with Crippen LogP contribution in [0.3, 0.4) is 0 Å². The zero-order valence-electron chi connectivity index (χ0n) is 9.56. The number of hydrogen-bond acceptors (Lipinski definition) is 2. The molecule has 2 rings (SSSR count). The minimum atomic E-state index is -0.0420. The molecule has 0 amide bonds. The van der Waals surface area contributed by atoms with Crippen LogP contribution in [-0.4, -0.2) is 0 Å². The molecule has 0 aliphatic carbocycles. The first kappa shape index (κ1) is 11.8. The highest BCUT2D eigenvalue weighted by Gasteiger charge is 2.08. The summed E-state index contributed by atoms with van der Waals surface area (Å²) < 4.78 is 5.80. The lowest BCUT2D eigenvalue weighted by Crippen LogP contribution is -2.04. The SMILES string of the molecule is CC(Oc1ccc(Cl)cc1N)c1ccccc1. The average molecular weight is 248 g/mol. The lowest BCUT2D eigenvalue weighted by molar-refractivity contribution is 0.228. The lowest BCUT2D eigenvalue weighted by atomic mass is 10.1. The van der Waals surface area contributed by atoms with Crippen LogP contribution >= 0.6 is 11.6 Å². The van der Waals surface area contributed by atoms with E-state index in [0.29, 0.717) is 16.5 Å². The Morgan fingerprint density at radius 2 is 1.82 bits per heavy atom. The number of hydrogen-bond donors (Lipinski definition) is 1. The molecule has 2 N–H and O–H groups in total. The summed E-state index contributed by atoms with van der Waals surface area (Å²) in [7, 11) is 0. The van der Waals surface area contributed by atoms with Crippen molar-refractivity contribution in [3.63, 3.8) is 0 Å². The van der Waals surface area contributed by atoms with Gasteiger partial charge in [-0.3, -0.25) is 0 Å². The van der Waals surface area contributed by atoms with Crippen LogP contribution in [0, 0.1) is 0 Å². The molecule has 17 heavy (non-hydrogen) atoms. The van der Waals surface area contributed by atoms with Crippen molar-refractivity contribution in [2.75, 3.05) is 5.73 Å². The summed E-state index contributed by atoms with van der Waals surface area (Å²) in [6.07, 6.45) is -0.0420. The summed E-state index contributed by atoms with van der Waals surface area (Å²) in [6, 6.07) is 15.2. The second-order valence-electron chi connectivity index (χ2n) is 3.85. The molecule has 1 unspecified atom stereocenters. The van der Waals surface area contributed by atoms with Crippen molar-refractivity contribution in [1.82, 2.24) is 0 Å². The van der Waals surface area contributed by atoms with Gasteiger partial charge in [0.05, 0.1) is 5.69 Å². The molecule has 0 fully saturated rings. The summed E-state index contributed by atoms with van der Waals surface area (Å²) in [5, 5.41) is 0.613. The van der Waals surface area contributed by atoms with Gasteiger partial charge in [-0.1, -0.05) is 41.9 Å². The van der Waals surface area contributed by atoms with Gasteiger partial charge in [0, 0.05) is 5.02 Å². The minimum Gasteiger partial charge on any atom is -0.484 e. The fraction of sp³-hybridized carbons (Fsp3) is 0.143. The topological polar surface area (TPSA) is 35.2 Å². The molecule has 3 heteroatoms. The fourth-order valence-corrected chi connectivity index (χ4v) is 1.79. The van der Waals surface area contributed by atoms with Crippen LogP contribution in [0.1, 0.15) is 18.6 Å². The number of ether oxygens (including phenoxy) is 1. The summed E-state index contributed by atoms with van der Waals surface area (Å²) in [4.78, 5) is 0. The molecule has 0 bridgehead atoms. The normalized spacial score (nSPS) is 12.1. The maximum atomic E-state index is 5.84. The van der Waals surface area contributed by atoms with Crippen molar-refractivity contribution >= 4 is 17.3 Å². The Balaban J connectivity index is 2.16. The quantitative estimate of drug-likeness (QED) is 0.830. The van der Waals surface area contributed by atoms with Gasteiger partial charge in [-0.25, -0.2) is 0 Å². The van der Waals surface area contributed by atoms with Crippen molar-refractivity contribution < 1.29 is 4.74 Å². The van der Waals surface area contributed by atoms with E-state index in [9.17, 15) is 0 Å². The fourth-order valence-electron chi connectivity index (χ4n) is 1.61. The van der Waals surface area contributed by atoms with Gasteiger partial charge in [-0.05, 0) is 30.7 Å². The highest BCUT2D eigenvalue weighted by molar-refractivity contribution is 6.30. The maximum absolute atomic E-state index is 5.84. The third kappa shape index (κ3) is 2.92. The second-order valence-corrected chi connectivity index (χ2v) is 4.29. The Bertz CT molecular complexity index is 499. The van der Waals surface area contributed by atoms with Gasteiger partial charge >= 0.3 is 0 Å². The van der Waals surface area contributed by atoms with Crippen molar-refractivity contribution in [2.24, 2.45) is 0 Å². The number of nitrogens with two attached hydrogens (primary N) is 1. The predicted molar refractivity (Wildman–Crippen MR) is 71.3 cm³/mol. The van der Waals surface area contributed by atoms with Crippen LogP contribution < -0.4 is 10.5 Å². The van der Waals surface area contributed by atoms with E-state index in [4.69, 9.17) is 22.1 Å². The highest BCUT2D eigenvalue weighted by Crippen LogP contribution is 2.29. The first-order valence-electron chi connectivity index (χ1n) is 5.43. The number of anilines is 1. The summed E-state index contributed by atoms with van der Waals surface area (Å²) in [5.74, 6) is 0.658. The lowest BCUT2D eigenvalue weighted by Gasteiger charge is -2.16. The van der Waals surface area contributed by atoms with Gasteiger partial charge in [0.25, 0.3) is 0 Å². The third-order valence-electron chi connectivity index (χ3n) is 2.54. The Kier molecular flexibility index (Phi) is 3.55. The average Bonchev–Trinajstić information content (AvgIpc) is 2.34. The number of rotatable bonds is 3. The summed E-state index contributed by atoms with van der Waals surface area (Å²) in [5.41, 5.74) is 7.51. The first-order valence-corrected chi connectivity index (χ1v) is 5.81. The Morgan fingerprint density at radius 3 is 2.47 bits per heavy atom. The summed E-state index contributed by atoms with van der Waals surface area (Å²) >= 11 is 5.83. The van der Waals surface area contributed by atoms with Crippen molar-refractivity contribution in [3.8, 4) is 5.75 Å². The zero-order chi connectivity index (χ0) is 12.3. The van der Waals surface area contributed by atoms with Gasteiger partial charge in [-0.2, -0.15) is 0 Å². The molecule has 0 saturated carbocycles. The minimum absolute atomic E-state index is 0.0420. The molecule has 0 aromatic heterocycles.